The van der Waals surface area contributed by atoms with Crippen molar-refractivity contribution in [1.82, 2.24) is 9.97 Å². The zero-order valence-corrected chi connectivity index (χ0v) is 9.21. The summed E-state index contributed by atoms with van der Waals surface area (Å²) in [5.41, 5.74) is 7.15. The number of ether oxygens (including phenoxy) is 1. The number of rotatable bonds is 2. The maximum atomic E-state index is 8.92. The third kappa shape index (κ3) is 2.49. The smallest absolute Gasteiger partial charge is 0.237 e. The molecule has 0 unspecified atom stereocenters. The number of aromatic nitrogens is 2. The summed E-state index contributed by atoms with van der Waals surface area (Å²) in [5, 5.41) is 8.92. The standard InChI is InChI=1S/C12H10N4O/c1-8-2-3-11(7-15-8)17-12-9(5-13)4-10(14)6-16-12/h2-4,6-7H,14H2,1H3. The minimum atomic E-state index is 0.229. The summed E-state index contributed by atoms with van der Waals surface area (Å²) < 4.78 is 5.46. The molecule has 0 aromatic carbocycles. The molecular formula is C12H10N4O. The number of nitrogen functional groups attached to an aromatic ring is 1. The molecule has 0 fully saturated rings. The minimum Gasteiger partial charge on any atom is -0.436 e. The topological polar surface area (TPSA) is 84.8 Å². The average Bonchev–Trinajstić information content (AvgIpc) is 2.34. The van der Waals surface area contributed by atoms with Crippen LogP contribution in [0.2, 0.25) is 0 Å². The maximum absolute atomic E-state index is 8.92. The molecule has 0 saturated heterocycles. The van der Waals surface area contributed by atoms with Gasteiger partial charge in [-0.1, -0.05) is 0 Å². The van der Waals surface area contributed by atoms with Crippen molar-refractivity contribution in [3.05, 3.63) is 41.9 Å². The van der Waals surface area contributed by atoms with Crippen LogP contribution in [0, 0.1) is 18.3 Å². The van der Waals surface area contributed by atoms with Gasteiger partial charge in [-0.2, -0.15) is 5.26 Å². The number of hydrogen-bond acceptors (Lipinski definition) is 5. The first-order chi connectivity index (χ1) is 8.19. The molecule has 2 heterocycles. The highest BCUT2D eigenvalue weighted by molar-refractivity contribution is 5.49. The van der Waals surface area contributed by atoms with Gasteiger partial charge in [0.1, 0.15) is 17.4 Å². The molecule has 0 aliphatic carbocycles. The molecule has 5 nitrogen and oxygen atoms in total. The zero-order valence-electron chi connectivity index (χ0n) is 9.21. The third-order valence-electron chi connectivity index (χ3n) is 2.09. The molecule has 0 aliphatic rings. The Morgan fingerprint density at radius 3 is 2.76 bits per heavy atom. The van der Waals surface area contributed by atoms with Crippen molar-refractivity contribution in [2.75, 3.05) is 5.73 Å². The number of pyridine rings is 2. The molecule has 2 N–H and O–H groups in total. The zero-order chi connectivity index (χ0) is 12.3. The molecule has 0 saturated carbocycles. The minimum absolute atomic E-state index is 0.229. The Morgan fingerprint density at radius 1 is 1.29 bits per heavy atom. The second-order valence-electron chi connectivity index (χ2n) is 3.47. The fraction of sp³-hybridized carbons (Fsp3) is 0.0833. The lowest BCUT2D eigenvalue weighted by atomic mass is 10.3. The molecule has 2 aromatic rings. The van der Waals surface area contributed by atoms with E-state index in [2.05, 4.69) is 9.97 Å². The fourth-order valence-electron chi connectivity index (χ4n) is 1.26. The predicted octanol–water partition coefficient (Wildman–Crippen LogP) is 2.03. The van der Waals surface area contributed by atoms with E-state index in [0.29, 0.717) is 17.0 Å². The molecule has 0 radical (unpaired) electrons. The van der Waals surface area contributed by atoms with Crippen molar-refractivity contribution in [3.63, 3.8) is 0 Å². The van der Waals surface area contributed by atoms with Crippen molar-refractivity contribution >= 4 is 5.69 Å². The molecule has 0 aliphatic heterocycles. The van der Waals surface area contributed by atoms with Gasteiger partial charge in [0, 0.05) is 5.69 Å². The van der Waals surface area contributed by atoms with Crippen LogP contribution in [0.25, 0.3) is 0 Å². The molecule has 5 heteroatoms. The van der Waals surface area contributed by atoms with Gasteiger partial charge in [0.05, 0.1) is 18.1 Å². The van der Waals surface area contributed by atoms with Crippen molar-refractivity contribution < 1.29 is 4.74 Å². The van der Waals surface area contributed by atoms with Gasteiger partial charge in [-0.05, 0) is 25.1 Å². The van der Waals surface area contributed by atoms with Crippen LogP contribution in [0.5, 0.6) is 11.6 Å². The van der Waals surface area contributed by atoms with Crippen LogP contribution in [0.15, 0.2) is 30.6 Å². The molecule has 0 atom stereocenters. The van der Waals surface area contributed by atoms with E-state index in [1.807, 2.05) is 19.1 Å². The van der Waals surface area contributed by atoms with E-state index in [4.69, 9.17) is 15.7 Å². The van der Waals surface area contributed by atoms with Crippen molar-refractivity contribution in [1.29, 1.82) is 5.26 Å². The monoisotopic (exact) mass is 226 g/mol. The molecule has 84 valence electrons. The highest BCUT2D eigenvalue weighted by Gasteiger charge is 2.06. The SMILES string of the molecule is Cc1ccc(Oc2ncc(N)cc2C#N)cn1. The summed E-state index contributed by atoms with van der Waals surface area (Å²) in [6.45, 7) is 1.88. The van der Waals surface area contributed by atoms with Crippen molar-refractivity contribution in [2.45, 2.75) is 6.92 Å². The van der Waals surface area contributed by atoms with Crippen LogP contribution in [-0.2, 0) is 0 Å². The summed E-state index contributed by atoms with van der Waals surface area (Å²) >= 11 is 0. The fourth-order valence-corrected chi connectivity index (χ4v) is 1.26. The normalized spacial score (nSPS) is 9.65. The number of nitrogens with zero attached hydrogens (tertiary/aromatic N) is 3. The molecule has 2 rings (SSSR count). The predicted molar refractivity (Wildman–Crippen MR) is 62.4 cm³/mol. The number of hydrogen-bond donors (Lipinski definition) is 1. The van der Waals surface area contributed by atoms with Gasteiger partial charge in [0.25, 0.3) is 0 Å². The number of anilines is 1. The maximum Gasteiger partial charge on any atom is 0.237 e. The number of nitrogens with two attached hydrogens (primary N) is 1. The Bertz CT molecular complexity index is 572. The number of nitriles is 1. The second kappa shape index (κ2) is 4.49. The Hall–Kier alpha value is -2.61. The quantitative estimate of drug-likeness (QED) is 0.846. The summed E-state index contributed by atoms with van der Waals surface area (Å²) in [6, 6.07) is 7.08. The first-order valence-corrected chi connectivity index (χ1v) is 4.95. The summed E-state index contributed by atoms with van der Waals surface area (Å²) in [4.78, 5) is 8.06. The van der Waals surface area contributed by atoms with Gasteiger partial charge >= 0.3 is 0 Å². The van der Waals surface area contributed by atoms with E-state index in [-0.39, 0.29) is 5.88 Å². The lowest BCUT2D eigenvalue weighted by Gasteiger charge is -2.06. The Labute approximate surface area is 98.5 Å². The molecule has 0 bridgehead atoms. The lowest BCUT2D eigenvalue weighted by molar-refractivity contribution is 0.459. The first kappa shape index (κ1) is 10.9. The summed E-state index contributed by atoms with van der Waals surface area (Å²) in [6.07, 6.45) is 3.02. The highest BCUT2D eigenvalue weighted by atomic mass is 16.5. The van der Waals surface area contributed by atoms with Crippen LogP contribution in [0.1, 0.15) is 11.3 Å². The Morgan fingerprint density at radius 2 is 2.12 bits per heavy atom. The first-order valence-electron chi connectivity index (χ1n) is 4.95. The van der Waals surface area contributed by atoms with E-state index in [0.717, 1.165) is 5.69 Å². The van der Waals surface area contributed by atoms with Gasteiger partial charge in [-0.25, -0.2) is 4.98 Å². The van der Waals surface area contributed by atoms with Gasteiger partial charge in [-0.15, -0.1) is 0 Å². The van der Waals surface area contributed by atoms with Crippen LogP contribution in [0.4, 0.5) is 5.69 Å². The molecule has 2 aromatic heterocycles. The van der Waals surface area contributed by atoms with Crippen LogP contribution < -0.4 is 10.5 Å². The van der Waals surface area contributed by atoms with Gasteiger partial charge in [-0.3, -0.25) is 4.98 Å². The van der Waals surface area contributed by atoms with E-state index in [1.165, 1.54) is 12.3 Å². The van der Waals surface area contributed by atoms with Crippen molar-refractivity contribution in [2.24, 2.45) is 0 Å². The molecular weight excluding hydrogens is 216 g/mol. The summed E-state index contributed by atoms with van der Waals surface area (Å²) in [7, 11) is 0. The number of aryl methyl sites for hydroxylation is 1. The highest BCUT2D eigenvalue weighted by Crippen LogP contribution is 2.23. The largest absolute Gasteiger partial charge is 0.436 e. The van der Waals surface area contributed by atoms with E-state index in [9.17, 15) is 0 Å². The average molecular weight is 226 g/mol. The lowest BCUT2D eigenvalue weighted by Crippen LogP contribution is -1.95. The Balaban J connectivity index is 2.30. The van der Waals surface area contributed by atoms with Gasteiger partial charge in [0.2, 0.25) is 5.88 Å². The van der Waals surface area contributed by atoms with Crippen molar-refractivity contribution in [3.8, 4) is 17.7 Å². The van der Waals surface area contributed by atoms with Gasteiger partial charge in [0.15, 0.2) is 0 Å². The molecule has 0 amide bonds. The summed E-state index contributed by atoms with van der Waals surface area (Å²) in [5.74, 6) is 0.761. The second-order valence-corrected chi connectivity index (χ2v) is 3.47. The van der Waals surface area contributed by atoms with E-state index < -0.39 is 0 Å². The van der Waals surface area contributed by atoms with Gasteiger partial charge < -0.3 is 10.5 Å². The van der Waals surface area contributed by atoms with Crippen LogP contribution in [0.3, 0.4) is 0 Å². The molecule has 0 spiro atoms. The van der Waals surface area contributed by atoms with Crippen LogP contribution in [-0.4, -0.2) is 9.97 Å². The van der Waals surface area contributed by atoms with Crippen LogP contribution >= 0.6 is 0 Å². The molecule has 17 heavy (non-hydrogen) atoms. The third-order valence-corrected chi connectivity index (χ3v) is 2.09. The van der Waals surface area contributed by atoms with E-state index >= 15 is 0 Å². The Kier molecular flexibility index (Phi) is 2.88. The van der Waals surface area contributed by atoms with E-state index in [1.54, 1.807) is 12.3 Å².